The normalized spacial score (nSPS) is 24.5. The zero-order chi connectivity index (χ0) is 12.4. The van der Waals surface area contributed by atoms with Crippen LogP contribution in [0.25, 0.3) is 5.65 Å². The van der Waals surface area contributed by atoms with Crippen LogP contribution in [0, 0.1) is 0 Å². The van der Waals surface area contributed by atoms with E-state index in [1.807, 2.05) is 28.8 Å². The Morgan fingerprint density at radius 1 is 1.22 bits per heavy atom. The fourth-order valence-corrected chi connectivity index (χ4v) is 2.53. The number of nitrogens with zero attached hydrogens (tertiary/aromatic N) is 3. The van der Waals surface area contributed by atoms with Crippen molar-refractivity contribution >= 4 is 5.65 Å². The Bertz CT molecular complexity index is 516. The minimum atomic E-state index is -0.100. The maximum Gasteiger partial charge on any atom is 0.160 e. The highest BCUT2D eigenvalue weighted by Gasteiger charge is 2.19. The smallest absolute Gasteiger partial charge is 0.160 e. The van der Waals surface area contributed by atoms with Gasteiger partial charge in [-0.15, -0.1) is 10.2 Å². The number of nitrogens with one attached hydrogen (secondary N) is 1. The predicted octanol–water partition coefficient (Wildman–Crippen LogP) is 1.12. The zero-order valence-corrected chi connectivity index (χ0v) is 10.3. The molecule has 2 heterocycles. The van der Waals surface area contributed by atoms with Crippen LogP contribution in [0.2, 0.25) is 0 Å². The molecule has 0 amide bonds. The molecule has 0 aliphatic heterocycles. The van der Waals surface area contributed by atoms with Crippen molar-refractivity contribution in [2.24, 2.45) is 0 Å². The molecule has 0 radical (unpaired) electrons. The van der Waals surface area contributed by atoms with E-state index in [9.17, 15) is 5.11 Å². The van der Waals surface area contributed by atoms with E-state index in [0.717, 1.165) is 43.7 Å². The van der Waals surface area contributed by atoms with E-state index < -0.39 is 0 Å². The third kappa shape index (κ3) is 2.37. The Balaban J connectivity index is 1.63. The largest absolute Gasteiger partial charge is 0.393 e. The van der Waals surface area contributed by atoms with Crippen LogP contribution in [0.4, 0.5) is 0 Å². The molecule has 3 rings (SSSR count). The van der Waals surface area contributed by atoms with Gasteiger partial charge >= 0.3 is 0 Å². The first-order valence-electron chi connectivity index (χ1n) is 6.53. The van der Waals surface area contributed by atoms with Crippen LogP contribution in [0.3, 0.4) is 0 Å². The van der Waals surface area contributed by atoms with Gasteiger partial charge in [0.2, 0.25) is 0 Å². The molecule has 5 nitrogen and oxygen atoms in total. The van der Waals surface area contributed by atoms with E-state index in [1.54, 1.807) is 0 Å². The lowest BCUT2D eigenvalue weighted by Crippen LogP contribution is -2.34. The first kappa shape index (κ1) is 11.6. The van der Waals surface area contributed by atoms with Gasteiger partial charge in [-0.2, -0.15) is 0 Å². The number of aliphatic hydroxyl groups excluding tert-OH is 1. The fourth-order valence-electron chi connectivity index (χ4n) is 2.53. The molecule has 1 saturated carbocycles. The lowest BCUT2D eigenvalue weighted by atomic mass is 9.93. The second kappa shape index (κ2) is 5.04. The second-order valence-electron chi connectivity index (χ2n) is 4.93. The minimum Gasteiger partial charge on any atom is -0.393 e. The summed E-state index contributed by atoms with van der Waals surface area (Å²) in [5, 5.41) is 21.3. The molecular formula is C13H18N4O. The monoisotopic (exact) mass is 246 g/mol. The van der Waals surface area contributed by atoms with E-state index >= 15 is 0 Å². The molecule has 0 saturated heterocycles. The lowest BCUT2D eigenvalue weighted by molar-refractivity contribution is 0.116. The molecule has 0 bridgehead atoms. The van der Waals surface area contributed by atoms with Crippen molar-refractivity contribution in [1.82, 2.24) is 19.9 Å². The summed E-state index contributed by atoms with van der Waals surface area (Å²) in [7, 11) is 0. The summed E-state index contributed by atoms with van der Waals surface area (Å²) in [6.07, 6.45) is 5.76. The first-order chi connectivity index (χ1) is 8.83. The molecule has 0 unspecified atom stereocenters. The Morgan fingerprint density at radius 2 is 2.06 bits per heavy atom. The Morgan fingerprint density at radius 3 is 2.89 bits per heavy atom. The second-order valence-corrected chi connectivity index (χ2v) is 4.93. The van der Waals surface area contributed by atoms with Crippen molar-refractivity contribution in [3.05, 3.63) is 30.2 Å². The Kier molecular flexibility index (Phi) is 3.25. The van der Waals surface area contributed by atoms with Crippen molar-refractivity contribution in [1.29, 1.82) is 0 Å². The van der Waals surface area contributed by atoms with Gasteiger partial charge in [0.15, 0.2) is 11.5 Å². The van der Waals surface area contributed by atoms with Crippen LogP contribution >= 0.6 is 0 Å². The number of hydrogen-bond acceptors (Lipinski definition) is 4. The molecule has 5 heteroatoms. The molecule has 0 spiro atoms. The van der Waals surface area contributed by atoms with Gasteiger partial charge in [-0.25, -0.2) is 0 Å². The molecular weight excluding hydrogens is 228 g/mol. The van der Waals surface area contributed by atoms with Gasteiger partial charge in [-0.05, 0) is 37.8 Å². The number of aliphatic hydroxyl groups is 1. The molecule has 0 aromatic carbocycles. The van der Waals surface area contributed by atoms with Gasteiger partial charge < -0.3 is 10.4 Å². The van der Waals surface area contributed by atoms with Gasteiger partial charge in [0.1, 0.15) is 0 Å². The average Bonchev–Trinajstić information content (AvgIpc) is 2.82. The SMILES string of the molecule is OC1CCC(NCc2nnc3ccccn23)CC1. The van der Waals surface area contributed by atoms with E-state index in [0.29, 0.717) is 6.04 Å². The number of fused-ring (bicyclic) bond motifs is 1. The molecule has 0 atom stereocenters. The van der Waals surface area contributed by atoms with Crippen molar-refractivity contribution in [2.75, 3.05) is 0 Å². The number of aromatic nitrogens is 3. The van der Waals surface area contributed by atoms with E-state index in [1.165, 1.54) is 0 Å². The van der Waals surface area contributed by atoms with Gasteiger partial charge in [-0.1, -0.05) is 6.07 Å². The molecule has 2 aromatic heterocycles. The highest BCUT2D eigenvalue weighted by atomic mass is 16.3. The van der Waals surface area contributed by atoms with Crippen LogP contribution in [-0.4, -0.2) is 31.9 Å². The topological polar surface area (TPSA) is 62.5 Å². The van der Waals surface area contributed by atoms with Crippen LogP contribution in [-0.2, 0) is 6.54 Å². The number of hydrogen-bond donors (Lipinski definition) is 2. The van der Waals surface area contributed by atoms with E-state index in [4.69, 9.17) is 0 Å². The molecule has 2 N–H and O–H groups in total. The highest BCUT2D eigenvalue weighted by Crippen LogP contribution is 2.18. The third-order valence-corrected chi connectivity index (χ3v) is 3.63. The maximum absolute atomic E-state index is 9.47. The van der Waals surface area contributed by atoms with Gasteiger partial charge in [0.05, 0.1) is 12.6 Å². The zero-order valence-electron chi connectivity index (χ0n) is 10.3. The maximum atomic E-state index is 9.47. The predicted molar refractivity (Wildman–Crippen MR) is 68.1 cm³/mol. The van der Waals surface area contributed by atoms with Crippen LogP contribution in [0.5, 0.6) is 0 Å². The minimum absolute atomic E-state index is 0.100. The van der Waals surface area contributed by atoms with Crippen molar-refractivity contribution in [3.63, 3.8) is 0 Å². The summed E-state index contributed by atoms with van der Waals surface area (Å²) in [6, 6.07) is 6.39. The summed E-state index contributed by atoms with van der Waals surface area (Å²) in [5.41, 5.74) is 0.883. The van der Waals surface area contributed by atoms with Crippen LogP contribution in [0.15, 0.2) is 24.4 Å². The Hall–Kier alpha value is -1.46. The molecule has 18 heavy (non-hydrogen) atoms. The van der Waals surface area contributed by atoms with Crippen molar-refractivity contribution in [3.8, 4) is 0 Å². The quantitative estimate of drug-likeness (QED) is 0.852. The number of pyridine rings is 1. The Labute approximate surface area is 106 Å². The molecule has 1 aliphatic carbocycles. The molecule has 1 aliphatic rings. The van der Waals surface area contributed by atoms with E-state index in [2.05, 4.69) is 15.5 Å². The summed E-state index contributed by atoms with van der Waals surface area (Å²) in [4.78, 5) is 0. The molecule has 96 valence electrons. The van der Waals surface area contributed by atoms with Gasteiger partial charge in [0.25, 0.3) is 0 Å². The summed E-state index contributed by atoms with van der Waals surface area (Å²) in [6.45, 7) is 0.728. The lowest BCUT2D eigenvalue weighted by Gasteiger charge is -2.25. The standard InChI is InChI=1S/C13H18N4O/c18-11-6-4-10(5-7-11)14-9-13-16-15-12-3-1-2-8-17(12)13/h1-3,8,10-11,14,18H,4-7,9H2. The van der Waals surface area contributed by atoms with Crippen LogP contribution in [0.1, 0.15) is 31.5 Å². The van der Waals surface area contributed by atoms with Crippen molar-refractivity contribution < 1.29 is 5.11 Å². The highest BCUT2D eigenvalue weighted by molar-refractivity contribution is 5.36. The van der Waals surface area contributed by atoms with Crippen LogP contribution < -0.4 is 5.32 Å². The average molecular weight is 246 g/mol. The van der Waals surface area contributed by atoms with E-state index in [-0.39, 0.29) is 6.10 Å². The van der Waals surface area contributed by atoms with Crippen molar-refractivity contribution in [2.45, 2.75) is 44.4 Å². The first-order valence-corrected chi connectivity index (χ1v) is 6.53. The summed E-state index contributed by atoms with van der Waals surface area (Å²) in [5.74, 6) is 0.941. The van der Waals surface area contributed by atoms with Gasteiger partial charge in [0, 0.05) is 12.2 Å². The summed E-state index contributed by atoms with van der Waals surface area (Å²) >= 11 is 0. The molecule has 1 fully saturated rings. The summed E-state index contributed by atoms with van der Waals surface area (Å²) < 4.78 is 2.00. The molecule has 2 aromatic rings. The fraction of sp³-hybridized carbons (Fsp3) is 0.538. The van der Waals surface area contributed by atoms with Gasteiger partial charge in [-0.3, -0.25) is 4.40 Å². The number of rotatable bonds is 3. The third-order valence-electron chi connectivity index (χ3n) is 3.63.